The molecule has 0 bridgehead atoms. The van der Waals surface area contributed by atoms with E-state index in [-0.39, 0.29) is 5.82 Å². The summed E-state index contributed by atoms with van der Waals surface area (Å²) in [5.74, 6) is -0.223. The van der Waals surface area contributed by atoms with E-state index in [2.05, 4.69) is 175 Å². The van der Waals surface area contributed by atoms with E-state index >= 15 is 0 Å². The van der Waals surface area contributed by atoms with Crippen molar-refractivity contribution in [3.8, 4) is 0 Å². The van der Waals surface area contributed by atoms with Crippen LogP contribution in [0.5, 0.6) is 0 Å². The maximum Gasteiger partial charge on any atom is 0.123 e. The van der Waals surface area contributed by atoms with Crippen LogP contribution >= 0.6 is 23.9 Å². The van der Waals surface area contributed by atoms with Crippen LogP contribution in [0.1, 0.15) is 38.9 Å². The SMILES string of the molecule is Cc1ccc(/C=C/c2ccc(P(c3ccc(/C=C/c4ccc(F)cc4)cc3)c3ccc(/C=C/c4ccc(Br)cc4)cc3)cc2)cc1. The first-order chi connectivity index (χ1) is 22.5. The van der Waals surface area contributed by atoms with Crippen molar-refractivity contribution >= 4 is 76.2 Å². The third-order valence-electron chi connectivity index (χ3n) is 7.68. The highest BCUT2D eigenvalue weighted by Gasteiger charge is 2.16. The third-order valence-corrected chi connectivity index (χ3v) is 10.6. The van der Waals surface area contributed by atoms with E-state index in [0.717, 1.165) is 15.6 Å². The van der Waals surface area contributed by atoms with E-state index in [9.17, 15) is 4.39 Å². The highest BCUT2D eigenvalue weighted by Crippen LogP contribution is 2.33. The highest BCUT2D eigenvalue weighted by atomic mass is 79.9. The van der Waals surface area contributed by atoms with Crippen LogP contribution in [0.15, 0.2) is 150 Å². The largest absolute Gasteiger partial charge is 0.207 e. The van der Waals surface area contributed by atoms with Gasteiger partial charge in [0.05, 0.1) is 0 Å². The molecule has 0 amide bonds. The standard InChI is InChI=1S/C43H33BrFP/c1-32-2-4-33(5-3-32)6-9-36-16-26-41(27-17-36)46(42-28-18-37(19-29-42)10-7-34-12-22-39(44)23-13-34)43-30-20-38(21-31-43)11-8-35-14-24-40(45)25-15-35/h2-31H,1H3/b9-6+,10-7+,11-8+. The lowest BCUT2D eigenvalue weighted by Gasteiger charge is -2.20. The fraction of sp³-hybridized carbons (Fsp3) is 0.0233. The van der Waals surface area contributed by atoms with Crippen LogP contribution in [-0.2, 0) is 0 Å². The van der Waals surface area contributed by atoms with Crippen LogP contribution in [0.25, 0.3) is 36.5 Å². The summed E-state index contributed by atoms with van der Waals surface area (Å²) >= 11 is 3.51. The summed E-state index contributed by atoms with van der Waals surface area (Å²) in [4.78, 5) is 0. The topological polar surface area (TPSA) is 0 Å². The molecule has 0 aromatic heterocycles. The number of benzene rings is 6. The number of rotatable bonds is 9. The first-order valence-electron chi connectivity index (χ1n) is 15.2. The van der Waals surface area contributed by atoms with E-state index in [1.807, 2.05) is 6.08 Å². The molecular formula is C43H33BrFP. The molecule has 3 heteroatoms. The maximum atomic E-state index is 13.3. The summed E-state index contributed by atoms with van der Waals surface area (Å²) < 4.78 is 14.4. The van der Waals surface area contributed by atoms with Crippen LogP contribution in [0.4, 0.5) is 4.39 Å². The second-order valence-corrected chi connectivity index (χ2v) is 14.3. The van der Waals surface area contributed by atoms with Gasteiger partial charge in [-0.25, -0.2) is 4.39 Å². The summed E-state index contributed by atoms with van der Waals surface area (Å²) in [5.41, 5.74) is 8.04. The Morgan fingerprint density at radius 3 is 0.978 bits per heavy atom. The maximum absolute atomic E-state index is 13.3. The molecule has 0 saturated carbocycles. The van der Waals surface area contributed by atoms with Crippen LogP contribution in [0.3, 0.4) is 0 Å². The second kappa shape index (κ2) is 15.1. The zero-order valence-electron chi connectivity index (χ0n) is 25.5. The Bertz CT molecular complexity index is 1720. The molecule has 0 N–H and O–H groups in total. The molecule has 0 aliphatic carbocycles. The quantitative estimate of drug-likeness (QED) is 0.105. The first kappa shape index (κ1) is 31.4. The summed E-state index contributed by atoms with van der Waals surface area (Å²) in [5, 5.41) is 3.89. The summed E-state index contributed by atoms with van der Waals surface area (Å²) in [6.07, 6.45) is 12.7. The van der Waals surface area contributed by atoms with E-state index in [0.29, 0.717) is 0 Å². The van der Waals surface area contributed by atoms with Crippen LogP contribution in [-0.4, -0.2) is 0 Å². The van der Waals surface area contributed by atoms with E-state index < -0.39 is 7.92 Å². The minimum absolute atomic E-state index is 0.223. The van der Waals surface area contributed by atoms with Crippen molar-refractivity contribution in [2.24, 2.45) is 0 Å². The normalized spacial score (nSPS) is 12.3. The third kappa shape index (κ3) is 8.55. The summed E-state index contributed by atoms with van der Waals surface area (Å²) in [6, 6.07) is 50.2. The molecule has 0 aliphatic heterocycles. The number of hydrogen-bond acceptors (Lipinski definition) is 0. The van der Waals surface area contributed by atoms with Crippen molar-refractivity contribution in [3.63, 3.8) is 0 Å². The molecule has 0 saturated heterocycles. The molecule has 224 valence electrons. The molecule has 0 spiro atoms. The zero-order valence-corrected chi connectivity index (χ0v) is 28.0. The van der Waals surface area contributed by atoms with Crippen LogP contribution in [0.2, 0.25) is 0 Å². The molecule has 0 radical (unpaired) electrons. The van der Waals surface area contributed by atoms with E-state index in [1.165, 1.54) is 55.9 Å². The lowest BCUT2D eigenvalue weighted by atomic mass is 10.1. The Hall–Kier alpha value is -4.62. The van der Waals surface area contributed by atoms with E-state index in [1.54, 1.807) is 12.1 Å². The molecule has 0 nitrogen and oxygen atoms in total. The van der Waals surface area contributed by atoms with Gasteiger partial charge in [0.1, 0.15) is 5.82 Å². The Morgan fingerprint density at radius 2 is 0.652 bits per heavy atom. The first-order valence-corrected chi connectivity index (χ1v) is 17.3. The van der Waals surface area contributed by atoms with Gasteiger partial charge in [-0.3, -0.25) is 0 Å². The average molecular weight is 680 g/mol. The molecule has 46 heavy (non-hydrogen) atoms. The molecule has 0 fully saturated rings. The van der Waals surface area contributed by atoms with Gasteiger partial charge in [-0.15, -0.1) is 0 Å². The van der Waals surface area contributed by atoms with Crippen molar-refractivity contribution in [3.05, 3.63) is 195 Å². The van der Waals surface area contributed by atoms with Gasteiger partial charge in [0, 0.05) is 4.47 Å². The smallest absolute Gasteiger partial charge is 0.123 e. The lowest BCUT2D eigenvalue weighted by Crippen LogP contribution is -2.20. The molecule has 1 unspecified atom stereocenters. The van der Waals surface area contributed by atoms with Gasteiger partial charge in [-0.05, 0) is 88.4 Å². The molecule has 6 aromatic carbocycles. The molecule has 0 aliphatic rings. The lowest BCUT2D eigenvalue weighted by molar-refractivity contribution is 0.628. The Labute approximate surface area is 281 Å². The highest BCUT2D eigenvalue weighted by molar-refractivity contribution is 9.10. The number of hydrogen-bond donors (Lipinski definition) is 0. The minimum atomic E-state index is -0.773. The Morgan fingerprint density at radius 1 is 0.391 bits per heavy atom. The van der Waals surface area contributed by atoms with E-state index in [4.69, 9.17) is 0 Å². The second-order valence-electron chi connectivity index (χ2n) is 11.1. The molecular weight excluding hydrogens is 646 g/mol. The summed E-state index contributed by atoms with van der Waals surface area (Å²) in [7, 11) is -0.773. The minimum Gasteiger partial charge on any atom is -0.207 e. The molecule has 6 rings (SSSR count). The van der Waals surface area contributed by atoms with Gasteiger partial charge in [0.25, 0.3) is 0 Å². The Balaban J connectivity index is 1.27. The van der Waals surface area contributed by atoms with Gasteiger partial charge in [0.15, 0.2) is 0 Å². The fourth-order valence-electron chi connectivity index (χ4n) is 5.05. The predicted octanol–water partition coefficient (Wildman–Crippen LogP) is 11.2. The summed E-state index contributed by atoms with van der Waals surface area (Å²) in [6.45, 7) is 2.11. The van der Waals surface area contributed by atoms with Gasteiger partial charge < -0.3 is 0 Å². The average Bonchev–Trinajstić information content (AvgIpc) is 3.09. The van der Waals surface area contributed by atoms with Crippen molar-refractivity contribution in [1.29, 1.82) is 0 Å². The number of aryl methyl sites for hydroxylation is 1. The predicted molar refractivity (Wildman–Crippen MR) is 204 cm³/mol. The number of halogens is 2. The monoisotopic (exact) mass is 678 g/mol. The molecule has 0 heterocycles. The van der Waals surface area contributed by atoms with Gasteiger partial charge in [-0.1, -0.05) is 179 Å². The van der Waals surface area contributed by atoms with Crippen LogP contribution < -0.4 is 15.9 Å². The van der Waals surface area contributed by atoms with Gasteiger partial charge in [0.2, 0.25) is 0 Å². The van der Waals surface area contributed by atoms with Crippen molar-refractivity contribution < 1.29 is 4.39 Å². The van der Waals surface area contributed by atoms with Gasteiger partial charge in [-0.2, -0.15) is 0 Å². The molecule has 1 atom stereocenters. The van der Waals surface area contributed by atoms with Crippen molar-refractivity contribution in [2.45, 2.75) is 6.92 Å². The zero-order chi connectivity index (χ0) is 31.7. The molecule has 6 aromatic rings. The Kier molecular flexibility index (Phi) is 10.3. The van der Waals surface area contributed by atoms with Crippen LogP contribution in [0, 0.1) is 12.7 Å². The van der Waals surface area contributed by atoms with Gasteiger partial charge >= 0.3 is 0 Å². The fourth-order valence-corrected chi connectivity index (χ4v) is 7.55. The van der Waals surface area contributed by atoms with Crippen molar-refractivity contribution in [2.75, 3.05) is 0 Å². The van der Waals surface area contributed by atoms with Crippen molar-refractivity contribution in [1.82, 2.24) is 0 Å².